The molecule has 0 aliphatic heterocycles. The van der Waals surface area contributed by atoms with Crippen LogP contribution in [0.2, 0.25) is 5.02 Å². The van der Waals surface area contributed by atoms with Crippen LogP contribution >= 0.6 is 11.6 Å². The van der Waals surface area contributed by atoms with E-state index in [0.29, 0.717) is 23.0 Å². The van der Waals surface area contributed by atoms with E-state index in [0.717, 1.165) is 0 Å². The molecule has 2 aromatic rings. The van der Waals surface area contributed by atoms with Crippen LogP contribution in [0, 0.1) is 0 Å². The second kappa shape index (κ2) is 5.75. The monoisotopic (exact) mass is 281 g/mol. The lowest BCUT2D eigenvalue weighted by atomic mass is 10.1. The predicted molar refractivity (Wildman–Crippen MR) is 67.6 cm³/mol. The molecule has 0 spiro atoms. The van der Waals surface area contributed by atoms with Crippen molar-refractivity contribution in [2.75, 3.05) is 0 Å². The van der Waals surface area contributed by atoms with E-state index < -0.39 is 5.97 Å². The third-order valence-corrected chi connectivity index (χ3v) is 2.90. The molecule has 0 radical (unpaired) electrons. The molecule has 0 aromatic carbocycles. The molecule has 0 aliphatic rings. The highest BCUT2D eigenvalue weighted by atomic mass is 35.5. The summed E-state index contributed by atoms with van der Waals surface area (Å²) in [6.45, 7) is 1.88. The van der Waals surface area contributed by atoms with E-state index >= 15 is 0 Å². The Balaban J connectivity index is 2.35. The van der Waals surface area contributed by atoms with Crippen LogP contribution < -0.4 is 0 Å². The number of aliphatic carboxylic acids is 1. The summed E-state index contributed by atoms with van der Waals surface area (Å²) in [5.41, 5.74) is 0.554. The Labute approximate surface area is 114 Å². The number of nitrogens with zero attached hydrogens (tertiary/aromatic N) is 5. The van der Waals surface area contributed by atoms with Crippen LogP contribution in [0.15, 0.2) is 18.3 Å². The van der Waals surface area contributed by atoms with Crippen LogP contribution in [-0.4, -0.2) is 36.3 Å². The summed E-state index contributed by atoms with van der Waals surface area (Å²) in [4.78, 5) is 15.0. The molecule has 0 amide bonds. The number of hydrogen-bond donors (Lipinski definition) is 1. The number of carbonyl (C=O) groups is 1. The summed E-state index contributed by atoms with van der Waals surface area (Å²) < 4.78 is 1.49. The van der Waals surface area contributed by atoms with E-state index in [1.165, 1.54) is 10.9 Å². The fraction of sp³-hybridized carbons (Fsp3) is 0.364. The van der Waals surface area contributed by atoms with Gasteiger partial charge in [-0.15, -0.1) is 5.10 Å². The molecule has 100 valence electrons. The van der Waals surface area contributed by atoms with Gasteiger partial charge in [-0.2, -0.15) is 0 Å². The molecule has 0 saturated heterocycles. The number of carboxylic acids is 1. The van der Waals surface area contributed by atoms with Gasteiger partial charge >= 0.3 is 5.97 Å². The maximum Gasteiger partial charge on any atom is 0.305 e. The molecular weight excluding hydrogens is 270 g/mol. The third kappa shape index (κ3) is 3.05. The van der Waals surface area contributed by atoms with Crippen molar-refractivity contribution in [2.45, 2.75) is 25.8 Å². The molecule has 2 heterocycles. The molecule has 0 fully saturated rings. The van der Waals surface area contributed by atoms with Crippen LogP contribution in [0.4, 0.5) is 0 Å². The van der Waals surface area contributed by atoms with Gasteiger partial charge in [0.1, 0.15) is 5.69 Å². The zero-order valence-corrected chi connectivity index (χ0v) is 10.9. The quantitative estimate of drug-likeness (QED) is 0.898. The number of aromatic nitrogens is 5. The first kappa shape index (κ1) is 13.4. The fourth-order valence-corrected chi connectivity index (χ4v) is 1.83. The van der Waals surface area contributed by atoms with Gasteiger partial charge in [0.2, 0.25) is 5.82 Å². The van der Waals surface area contributed by atoms with Crippen molar-refractivity contribution in [3.8, 4) is 11.5 Å². The van der Waals surface area contributed by atoms with E-state index in [9.17, 15) is 4.79 Å². The molecule has 7 nitrogen and oxygen atoms in total. The maximum atomic E-state index is 10.8. The summed E-state index contributed by atoms with van der Waals surface area (Å²) in [5.74, 6) is -0.456. The minimum absolute atomic E-state index is 0.0396. The van der Waals surface area contributed by atoms with Gasteiger partial charge in [-0.05, 0) is 29.0 Å². The van der Waals surface area contributed by atoms with E-state index in [4.69, 9.17) is 16.7 Å². The van der Waals surface area contributed by atoms with Crippen LogP contribution in [0.1, 0.15) is 25.8 Å². The van der Waals surface area contributed by atoms with Gasteiger partial charge in [0, 0.05) is 6.20 Å². The highest BCUT2D eigenvalue weighted by Gasteiger charge is 2.20. The Morgan fingerprint density at radius 2 is 2.32 bits per heavy atom. The smallest absolute Gasteiger partial charge is 0.305 e. The SMILES string of the molecule is CCC(CC(=O)O)n1nnnc1-c1ccc(Cl)cn1. The normalized spacial score (nSPS) is 12.3. The van der Waals surface area contributed by atoms with Crippen molar-refractivity contribution in [2.24, 2.45) is 0 Å². The van der Waals surface area contributed by atoms with Crippen molar-refractivity contribution in [3.05, 3.63) is 23.4 Å². The Bertz CT molecular complexity index is 569. The Morgan fingerprint density at radius 3 is 2.89 bits per heavy atom. The molecular formula is C11H12ClN5O2. The molecule has 0 aliphatic carbocycles. The second-order valence-electron chi connectivity index (χ2n) is 3.97. The number of tetrazole rings is 1. The number of hydrogen-bond acceptors (Lipinski definition) is 5. The standard InChI is InChI=1S/C11H12ClN5O2/c1-2-8(5-10(18)19)17-11(14-15-16-17)9-4-3-7(12)6-13-9/h3-4,6,8H,2,5H2,1H3,(H,18,19). The van der Waals surface area contributed by atoms with Crippen molar-refractivity contribution in [1.82, 2.24) is 25.2 Å². The lowest BCUT2D eigenvalue weighted by molar-refractivity contribution is -0.138. The average Bonchev–Trinajstić information content (AvgIpc) is 2.85. The van der Waals surface area contributed by atoms with E-state index in [-0.39, 0.29) is 12.5 Å². The van der Waals surface area contributed by atoms with Gasteiger partial charge in [0.15, 0.2) is 0 Å². The number of rotatable bonds is 5. The molecule has 1 N–H and O–H groups in total. The first-order valence-corrected chi connectivity index (χ1v) is 6.11. The Kier molecular flexibility index (Phi) is 4.06. The van der Waals surface area contributed by atoms with E-state index in [1.807, 2.05) is 6.92 Å². The summed E-state index contributed by atoms with van der Waals surface area (Å²) in [6.07, 6.45) is 2.06. The molecule has 19 heavy (non-hydrogen) atoms. The zero-order chi connectivity index (χ0) is 13.8. The molecule has 1 unspecified atom stereocenters. The van der Waals surface area contributed by atoms with Gasteiger partial charge in [-0.25, -0.2) is 4.68 Å². The first-order valence-electron chi connectivity index (χ1n) is 5.73. The van der Waals surface area contributed by atoms with Crippen LogP contribution in [-0.2, 0) is 4.79 Å². The topological polar surface area (TPSA) is 93.8 Å². The highest BCUT2D eigenvalue weighted by Crippen LogP contribution is 2.22. The predicted octanol–water partition coefficient (Wildman–Crippen LogP) is 1.81. The van der Waals surface area contributed by atoms with Crippen LogP contribution in [0.5, 0.6) is 0 Å². The van der Waals surface area contributed by atoms with Crippen molar-refractivity contribution >= 4 is 17.6 Å². The van der Waals surface area contributed by atoms with Crippen LogP contribution in [0.25, 0.3) is 11.5 Å². The molecule has 2 rings (SSSR count). The summed E-state index contributed by atoms with van der Waals surface area (Å²) in [6, 6.07) is 3.07. The van der Waals surface area contributed by atoms with E-state index in [1.54, 1.807) is 12.1 Å². The first-order chi connectivity index (χ1) is 9.11. The van der Waals surface area contributed by atoms with Gasteiger partial charge in [0.25, 0.3) is 0 Å². The number of carboxylic acid groups (broad SMARTS) is 1. The largest absolute Gasteiger partial charge is 0.481 e. The summed E-state index contributed by atoms with van der Waals surface area (Å²) in [5, 5.41) is 20.8. The Morgan fingerprint density at radius 1 is 1.53 bits per heavy atom. The minimum Gasteiger partial charge on any atom is -0.481 e. The molecule has 0 saturated carbocycles. The summed E-state index contributed by atoms with van der Waals surface area (Å²) >= 11 is 5.77. The number of pyridine rings is 1. The lowest BCUT2D eigenvalue weighted by Crippen LogP contribution is -2.16. The average molecular weight is 282 g/mol. The maximum absolute atomic E-state index is 10.8. The molecule has 1 atom stereocenters. The third-order valence-electron chi connectivity index (χ3n) is 2.68. The summed E-state index contributed by atoms with van der Waals surface area (Å²) in [7, 11) is 0. The second-order valence-corrected chi connectivity index (χ2v) is 4.41. The van der Waals surface area contributed by atoms with Crippen molar-refractivity contribution < 1.29 is 9.90 Å². The van der Waals surface area contributed by atoms with Crippen molar-refractivity contribution in [1.29, 1.82) is 0 Å². The molecule has 8 heteroatoms. The highest BCUT2D eigenvalue weighted by molar-refractivity contribution is 6.30. The fourth-order valence-electron chi connectivity index (χ4n) is 1.72. The molecule has 0 bridgehead atoms. The lowest BCUT2D eigenvalue weighted by Gasteiger charge is -2.13. The van der Waals surface area contributed by atoms with Crippen LogP contribution in [0.3, 0.4) is 0 Å². The van der Waals surface area contributed by atoms with Gasteiger partial charge in [0.05, 0.1) is 17.5 Å². The molecule has 2 aromatic heterocycles. The Hall–Kier alpha value is -2.02. The van der Waals surface area contributed by atoms with E-state index in [2.05, 4.69) is 20.5 Å². The number of halogens is 1. The minimum atomic E-state index is -0.891. The zero-order valence-electron chi connectivity index (χ0n) is 10.2. The van der Waals surface area contributed by atoms with Crippen molar-refractivity contribution in [3.63, 3.8) is 0 Å². The van der Waals surface area contributed by atoms with Gasteiger partial charge < -0.3 is 5.11 Å². The van der Waals surface area contributed by atoms with Gasteiger partial charge in [-0.1, -0.05) is 18.5 Å². The van der Waals surface area contributed by atoms with Gasteiger partial charge in [-0.3, -0.25) is 9.78 Å².